The van der Waals surface area contributed by atoms with E-state index >= 15 is 0 Å². The van der Waals surface area contributed by atoms with Gasteiger partial charge in [0.1, 0.15) is 0 Å². The van der Waals surface area contributed by atoms with Gasteiger partial charge in [0.2, 0.25) is 0 Å². The first-order valence-corrected chi connectivity index (χ1v) is 6.45. The molecule has 0 fully saturated rings. The Kier molecular flexibility index (Phi) is 35.4. The molecular formula is CH4La2O13S3. The summed E-state index contributed by atoms with van der Waals surface area (Å²) in [5.74, 6) is 0. The summed E-state index contributed by atoms with van der Waals surface area (Å²) in [5, 5.41) is 7.00. The van der Waals surface area contributed by atoms with E-state index in [2.05, 4.69) is 0 Å². The van der Waals surface area contributed by atoms with Crippen LogP contribution in [0.3, 0.4) is 0 Å². The summed E-state index contributed by atoms with van der Waals surface area (Å²) in [4.78, 5) is 0. The van der Waals surface area contributed by atoms with Crippen molar-refractivity contribution in [3.63, 3.8) is 0 Å². The molecule has 0 aromatic heterocycles. The van der Waals surface area contributed by atoms with Gasteiger partial charge in [0.15, 0.2) is 0 Å². The zero-order chi connectivity index (χ0) is 15.5. The van der Waals surface area contributed by atoms with Gasteiger partial charge >= 0.3 is 71.2 Å². The van der Waals surface area contributed by atoms with Gasteiger partial charge < -0.3 is 32.4 Å². The number of aliphatic hydroxyl groups excluding tert-OH is 1. The molecule has 0 radical (unpaired) electrons. The van der Waals surface area contributed by atoms with Crippen LogP contribution in [0, 0.1) is 71.2 Å². The van der Waals surface area contributed by atoms with Crippen molar-refractivity contribution < 1.29 is 129 Å². The van der Waals surface area contributed by atoms with Crippen LogP contribution in [0.15, 0.2) is 0 Å². The quantitative estimate of drug-likeness (QED) is 0.204. The molecule has 18 heteroatoms. The van der Waals surface area contributed by atoms with Crippen molar-refractivity contribution in [3.8, 4) is 0 Å². The molecule has 0 aliphatic rings. The summed E-state index contributed by atoms with van der Waals surface area (Å²) in [6.07, 6.45) is 0. The summed E-state index contributed by atoms with van der Waals surface area (Å²) < 4.78 is 102. The first-order valence-electron chi connectivity index (χ1n) is 2.45. The maximum Gasteiger partial charge on any atom is 3.00 e. The molecule has 0 rings (SSSR count). The molecule has 0 spiro atoms. The van der Waals surface area contributed by atoms with Gasteiger partial charge in [0.25, 0.3) is 0 Å². The Morgan fingerprint density at radius 1 is 0.526 bits per heavy atom. The average molecular weight is 598 g/mol. The third-order valence-electron chi connectivity index (χ3n) is 0. The number of aliphatic hydroxyl groups is 1. The minimum absolute atomic E-state index is 0. The molecule has 0 atom stereocenters. The largest absolute Gasteiger partial charge is 3.00 e. The number of hydrogen-bond acceptors (Lipinski definition) is 13. The molecule has 0 amide bonds. The van der Waals surface area contributed by atoms with Crippen molar-refractivity contribution in [2.24, 2.45) is 0 Å². The second-order valence-electron chi connectivity index (χ2n) is 1.22. The molecule has 13 nitrogen and oxygen atoms in total. The van der Waals surface area contributed by atoms with Gasteiger partial charge in [0, 0.05) is 38.3 Å². The van der Waals surface area contributed by atoms with Crippen LogP contribution in [0.4, 0.5) is 0 Å². The Morgan fingerprint density at radius 3 is 0.526 bits per heavy atom. The summed E-state index contributed by atoms with van der Waals surface area (Å²) in [7, 11) is -14.5. The maximum atomic E-state index is 8.52. The van der Waals surface area contributed by atoms with Crippen LogP contribution in [0.1, 0.15) is 0 Å². The Hall–Kier alpha value is 1.96. The molecule has 0 aromatic carbocycles. The second-order valence-corrected chi connectivity index (χ2v) is 3.67. The van der Waals surface area contributed by atoms with Crippen molar-refractivity contribution in [2.45, 2.75) is 0 Å². The molecule has 0 saturated carbocycles. The molecule has 0 aliphatic heterocycles. The second kappa shape index (κ2) is 18.0. The van der Waals surface area contributed by atoms with Crippen molar-refractivity contribution in [3.05, 3.63) is 0 Å². The third kappa shape index (κ3) is 1680. The van der Waals surface area contributed by atoms with Gasteiger partial charge in [0.05, 0.1) is 0 Å². The van der Waals surface area contributed by atoms with E-state index in [-0.39, 0.29) is 71.2 Å². The smallest absolute Gasteiger partial charge is 0.759 e. The van der Waals surface area contributed by atoms with E-state index in [1.807, 2.05) is 0 Å². The first-order chi connectivity index (χ1) is 7.00. The van der Waals surface area contributed by atoms with Crippen LogP contribution in [0.5, 0.6) is 0 Å². The molecule has 0 aliphatic carbocycles. The van der Waals surface area contributed by atoms with Crippen LogP contribution < -0.4 is 0 Å². The van der Waals surface area contributed by atoms with Gasteiger partial charge in [-0.05, 0) is 0 Å². The minimum Gasteiger partial charge on any atom is -0.759 e. The molecule has 19 heavy (non-hydrogen) atoms. The summed E-state index contributed by atoms with van der Waals surface area (Å²) in [6, 6.07) is 0. The van der Waals surface area contributed by atoms with E-state index in [1.54, 1.807) is 0 Å². The SMILES string of the molecule is CO.O=S(=O)([O-])[O-].O=S(=O)([O-])[O-].O=S(=O)([O-])[O-].[La+3].[La+3]. The normalized spacial score (nSPS) is 9.47. The van der Waals surface area contributed by atoms with Crippen molar-refractivity contribution >= 4 is 31.2 Å². The number of rotatable bonds is 0. The van der Waals surface area contributed by atoms with Gasteiger partial charge in [-0.3, -0.25) is 25.3 Å². The summed E-state index contributed by atoms with van der Waals surface area (Å²) in [5.41, 5.74) is 0. The maximum absolute atomic E-state index is 8.52. The van der Waals surface area contributed by atoms with Crippen molar-refractivity contribution in [2.75, 3.05) is 7.11 Å². The van der Waals surface area contributed by atoms with Crippen LogP contribution in [0.2, 0.25) is 0 Å². The summed E-state index contributed by atoms with van der Waals surface area (Å²) >= 11 is 0. The summed E-state index contributed by atoms with van der Waals surface area (Å²) in [6.45, 7) is 0. The van der Waals surface area contributed by atoms with E-state index in [9.17, 15) is 0 Å². The predicted molar refractivity (Wildman–Crippen MR) is 39.6 cm³/mol. The van der Waals surface area contributed by atoms with Crippen molar-refractivity contribution in [1.82, 2.24) is 0 Å². The van der Waals surface area contributed by atoms with E-state index in [0.29, 0.717) is 0 Å². The van der Waals surface area contributed by atoms with Crippen LogP contribution in [0.25, 0.3) is 0 Å². The zero-order valence-electron chi connectivity index (χ0n) is 8.73. The fourth-order valence-electron chi connectivity index (χ4n) is 0. The molecular weight excluding hydrogens is 594 g/mol. The number of hydrogen-bond donors (Lipinski definition) is 1. The standard InChI is InChI=1S/CH4O.2La.3H2O4S/c1-2;;;3*1-5(2,3)4/h2H,1H3;;;3*(H2,1,2,3,4)/q;2*+3;;;/p-6. The van der Waals surface area contributed by atoms with Gasteiger partial charge in [-0.2, -0.15) is 0 Å². The predicted octanol–water partition coefficient (Wildman–Crippen LogP) is -4.41. The van der Waals surface area contributed by atoms with E-state index in [4.69, 9.17) is 57.7 Å². The molecule has 0 bridgehead atoms. The van der Waals surface area contributed by atoms with Gasteiger partial charge in [-0.25, -0.2) is 0 Å². The Balaban J connectivity index is -0.0000000298. The Labute approximate surface area is 165 Å². The van der Waals surface area contributed by atoms with E-state index in [0.717, 1.165) is 7.11 Å². The molecule has 0 heterocycles. The van der Waals surface area contributed by atoms with Crippen LogP contribution in [-0.4, -0.2) is 64.8 Å². The van der Waals surface area contributed by atoms with E-state index in [1.165, 1.54) is 0 Å². The van der Waals surface area contributed by atoms with Gasteiger partial charge in [-0.1, -0.05) is 0 Å². The van der Waals surface area contributed by atoms with Crippen LogP contribution in [-0.2, 0) is 31.2 Å². The average Bonchev–Trinajstić information content (AvgIpc) is 1.77. The fourth-order valence-corrected chi connectivity index (χ4v) is 0. The third-order valence-corrected chi connectivity index (χ3v) is 0. The monoisotopic (exact) mass is 598 g/mol. The molecule has 0 unspecified atom stereocenters. The molecule has 1 N–H and O–H groups in total. The minimum atomic E-state index is -5.17. The molecule has 0 aromatic rings. The first kappa shape index (κ1) is 37.3. The van der Waals surface area contributed by atoms with Crippen LogP contribution >= 0.6 is 0 Å². The van der Waals surface area contributed by atoms with Crippen molar-refractivity contribution in [1.29, 1.82) is 0 Å². The Morgan fingerprint density at radius 2 is 0.526 bits per heavy atom. The Bertz CT molecular complexity index is 347. The van der Waals surface area contributed by atoms with E-state index < -0.39 is 31.2 Å². The van der Waals surface area contributed by atoms with Gasteiger partial charge in [-0.15, -0.1) is 0 Å². The topological polar surface area (TPSA) is 261 Å². The fraction of sp³-hybridized carbons (Fsp3) is 1.00. The molecule has 0 saturated heterocycles. The zero-order valence-corrected chi connectivity index (χ0v) is 18.4. The molecule has 110 valence electrons.